The Bertz CT molecular complexity index is 197. The molecule has 0 aromatic carbocycles. The molecular formula is C10H19NO2. The van der Waals surface area contributed by atoms with E-state index in [9.17, 15) is 9.59 Å². The van der Waals surface area contributed by atoms with Crippen LogP contribution in [-0.4, -0.2) is 18.2 Å². The van der Waals surface area contributed by atoms with Gasteiger partial charge >= 0.3 is 0 Å². The third-order valence-corrected chi connectivity index (χ3v) is 2.13. The van der Waals surface area contributed by atoms with Gasteiger partial charge in [-0.05, 0) is 18.8 Å². The minimum atomic E-state index is -0.172. The van der Waals surface area contributed by atoms with Crippen molar-refractivity contribution in [1.29, 1.82) is 0 Å². The molecule has 0 fully saturated rings. The zero-order valence-corrected chi connectivity index (χ0v) is 8.94. The summed E-state index contributed by atoms with van der Waals surface area (Å²) >= 11 is 0. The monoisotopic (exact) mass is 185 g/mol. The molecular weight excluding hydrogens is 166 g/mol. The summed E-state index contributed by atoms with van der Waals surface area (Å²) < 4.78 is 0. The first-order valence-corrected chi connectivity index (χ1v) is 4.63. The predicted molar refractivity (Wildman–Crippen MR) is 52.4 cm³/mol. The smallest absolute Gasteiger partial charge is 0.227 e. The van der Waals surface area contributed by atoms with E-state index >= 15 is 0 Å². The Hall–Kier alpha value is -0.860. The van der Waals surface area contributed by atoms with Crippen molar-refractivity contribution in [2.24, 2.45) is 5.41 Å². The van der Waals surface area contributed by atoms with Crippen molar-refractivity contribution in [1.82, 2.24) is 5.32 Å². The molecule has 13 heavy (non-hydrogen) atoms. The van der Waals surface area contributed by atoms with Gasteiger partial charge in [0.15, 0.2) is 0 Å². The molecule has 76 valence electrons. The van der Waals surface area contributed by atoms with Gasteiger partial charge in [0.25, 0.3) is 0 Å². The van der Waals surface area contributed by atoms with E-state index in [1.165, 1.54) is 6.92 Å². The fourth-order valence-corrected chi connectivity index (χ4v) is 0.751. The van der Waals surface area contributed by atoms with E-state index < -0.39 is 0 Å². The Kier molecular flexibility index (Phi) is 4.67. The highest BCUT2D eigenvalue weighted by atomic mass is 16.2. The molecule has 0 saturated carbocycles. The highest BCUT2D eigenvalue weighted by molar-refractivity contribution is 5.96. The third kappa shape index (κ3) is 6.31. The molecule has 0 atom stereocenters. The minimum absolute atomic E-state index is 0.000204. The molecule has 0 aliphatic rings. The molecule has 1 N–H and O–H groups in total. The van der Waals surface area contributed by atoms with E-state index in [1.807, 2.05) is 0 Å². The molecule has 0 rings (SSSR count). The second-order valence-corrected chi connectivity index (χ2v) is 4.17. The number of Topliss-reactive ketones (excluding diaryl/α,β-unsaturated/α-hetero) is 1. The number of rotatable bonds is 5. The van der Waals surface area contributed by atoms with Gasteiger partial charge in [0.2, 0.25) is 5.91 Å². The molecule has 0 aromatic heterocycles. The molecule has 0 radical (unpaired) electrons. The molecule has 0 aliphatic carbocycles. The first-order chi connectivity index (χ1) is 5.87. The summed E-state index contributed by atoms with van der Waals surface area (Å²) in [6.45, 7) is 8.30. The Morgan fingerprint density at radius 2 is 1.85 bits per heavy atom. The van der Waals surface area contributed by atoms with Crippen molar-refractivity contribution in [3.63, 3.8) is 0 Å². The average molecular weight is 185 g/mol. The fourth-order valence-electron chi connectivity index (χ4n) is 0.751. The van der Waals surface area contributed by atoms with Gasteiger partial charge in [0.05, 0.1) is 6.42 Å². The summed E-state index contributed by atoms with van der Waals surface area (Å²) in [5, 5.41) is 2.75. The lowest BCUT2D eigenvalue weighted by Gasteiger charge is -2.22. The number of carbonyl (C=O) groups is 2. The van der Waals surface area contributed by atoms with Crippen molar-refractivity contribution < 1.29 is 9.59 Å². The number of ketones is 1. The van der Waals surface area contributed by atoms with Gasteiger partial charge in [0.1, 0.15) is 5.78 Å². The second-order valence-electron chi connectivity index (χ2n) is 4.17. The first-order valence-electron chi connectivity index (χ1n) is 4.63. The van der Waals surface area contributed by atoms with Gasteiger partial charge in [0, 0.05) is 6.54 Å². The maximum Gasteiger partial charge on any atom is 0.227 e. The van der Waals surface area contributed by atoms with Crippen LogP contribution in [0.25, 0.3) is 0 Å². The standard InChI is InChI=1S/C10H19NO2/c1-5-10(3,4)7-11-9(13)6-8(2)12/h5-7H2,1-4H3,(H,11,13). The van der Waals surface area contributed by atoms with E-state index in [4.69, 9.17) is 0 Å². The normalized spacial score (nSPS) is 11.1. The second kappa shape index (κ2) is 5.00. The summed E-state index contributed by atoms with van der Waals surface area (Å²) in [5.41, 5.74) is 0.118. The maximum atomic E-state index is 11.1. The Balaban J connectivity index is 3.76. The zero-order chi connectivity index (χ0) is 10.5. The fraction of sp³-hybridized carbons (Fsp3) is 0.800. The van der Waals surface area contributed by atoms with Gasteiger partial charge in [-0.15, -0.1) is 0 Å². The Morgan fingerprint density at radius 3 is 2.23 bits per heavy atom. The van der Waals surface area contributed by atoms with Gasteiger partial charge in [-0.2, -0.15) is 0 Å². The van der Waals surface area contributed by atoms with Crippen molar-refractivity contribution in [3.05, 3.63) is 0 Å². The summed E-state index contributed by atoms with van der Waals surface area (Å²) in [6, 6.07) is 0. The van der Waals surface area contributed by atoms with Crippen molar-refractivity contribution in [3.8, 4) is 0 Å². The van der Waals surface area contributed by atoms with Crippen LogP contribution in [0.1, 0.15) is 40.5 Å². The molecule has 0 aliphatic heterocycles. The topological polar surface area (TPSA) is 46.2 Å². The number of carbonyl (C=O) groups excluding carboxylic acids is 2. The number of hydrogen-bond donors (Lipinski definition) is 1. The molecule has 0 spiro atoms. The van der Waals surface area contributed by atoms with E-state index in [0.717, 1.165) is 6.42 Å². The molecule has 1 amide bonds. The summed E-state index contributed by atoms with van der Waals surface area (Å²) in [5.74, 6) is -0.263. The number of nitrogens with one attached hydrogen (secondary N) is 1. The molecule has 3 heteroatoms. The SMILES string of the molecule is CCC(C)(C)CNC(=O)CC(C)=O. The third-order valence-electron chi connectivity index (χ3n) is 2.13. The average Bonchev–Trinajstić information content (AvgIpc) is 2.00. The van der Waals surface area contributed by atoms with E-state index in [2.05, 4.69) is 26.1 Å². The highest BCUT2D eigenvalue weighted by Crippen LogP contribution is 2.17. The van der Waals surface area contributed by atoms with Crippen LogP contribution in [0.5, 0.6) is 0 Å². The van der Waals surface area contributed by atoms with Gasteiger partial charge in [-0.1, -0.05) is 20.8 Å². The lowest BCUT2D eigenvalue weighted by molar-refractivity contribution is -0.127. The zero-order valence-electron chi connectivity index (χ0n) is 8.94. The Labute approximate surface area is 79.9 Å². The molecule has 0 saturated heterocycles. The van der Waals surface area contributed by atoms with Gasteiger partial charge in [-0.3, -0.25) is 9.59 Å². The van der Waals surface area contributed by atoms with Crippen LogP contribution in [-0.2, 0) is 9.59 Å². The summed E-state index contributed by atoms with van der Waals surface area (Å²) in [7, 11) is 0. The van der Waals surface area contributed by atoms with Crippen molar-refractivity contribution in [2.45, 2.75) is 40.5 Å². The Morgan fingerprint density at radius 1 is 1.31 bits per heavy atom. The molecule has 0 aromatic rings. The number of amides is 1. The van der Waals surface area contributed by atoms with E-state index in [-0.39, 0.29) is 23.5 Å². The van der Waals surface area contributed by atoms with Gasteiger partial charge < -0.3 is 5.32 Å². The quantitative estimate of drug-likeness (QED) is 0.660. The molecule has 0 unspecified atom stereocenters. The van der Waals surface area contributed by atoms with Gasteiger partial charge in [-0.25, -0.2) is 0 Å². The van der Waals surface area contributed by atoms with Crippen molar-refractivity contribution in [2.75, 3.05) is 6.54 Å². The van der Waals surface area contributed by atoms with E-state index in [0.29, 0.717) is 6.54 Å². The van der Waals surface area contributed by atoms with Crippen LogP contribution in [0.15, 0.2) is 0 Å². The molecule has 0 bridgehead atoms. The minimum Gasteiger partial charge on any atom is -0.355 e. The van der Waals surface area contributed by atoms with Crippen LogP contribution in [0.2, 0.25) is 0 Å². The van der Waals surface area contributed by atoms with Crippen molar-refractivity contribution >= 4 is 11.7 Å². The first kappa shape index (κ1) is 12.1. The van der Waals surface area contributed by atoms with Crippen LogP contribution < -0.4 is 5.32 Å². The van der Waals surface area contributed by atoms with E-state index in [1.54, 1.807) is 0 Å². The van der Waals surface area contributed by atoms with Crippen LogP contribution in [0.3, 0.4) is 0 Å². The van der Waals surface area contributed by atoms with Crippen LogP contribution in [0, 0.1) is 5.41 Å². The largest absolute Gasteiger partial charge is 0.355 e. The lowest BCUT2D eigenvalue weighted by atomic mass is 9.90. The molecule has 0 heterocycles. The summed E-state index contributed by atoms with van der Waals surface area (Å²) in [6.07, 6.45) is 1.01. The summed E-state index contributed by atoms with van der Waals surface area (Å²) in [4.78, 5) is 21.7. The van der Waals surface area contributed by atoms with Crippen LogP contribution >= 0.6 is 0 Å². The maximum absolute atomic E-state index is 11.1. The highest BCUT2D eigenvalue weighted by Gasteiger charge is 2.16. The predicted octanol–water partition coefficient (Wildman–Crippen LogP) is 1.52. The number of hydrogen-bond acceptors (Lipinski definition) is 2. The van der Waals surface area contributed by atoms with Crippen LogP contribution in [0.4, 0.5) is 0 Å². The lowest BCUT2D eigenvalue weighted by Crippen LogP contribution is -2.34. The molecule has 3 nitrogen and oxygen atoms in total.